The molecule has 1 N–H and O–H groups in total. The standard InChI is InChI=1S/C15H14FNO2S/c1-11-9-19-15(17-11)20-10-13-6-5-12(8-14(13)16)4-2-3-7-18/h5-6,8-9,18H,3,7,10H2,1H3. The van der Waals surface area contributed by atoms with Crippen molar-refractivity contribution >= 4 is 11.8 Å². The van der Waals surface area contributed by atoms with Gasteiger partial charge in [-0.1, -0.05) is 29.7 Å². The van der Waals surface area contributed by atoms with Crippen molar-refractivity contribution in [2.45, 2.75) is 24.3 Å². The van der Waals surface area contributed by atoms with Crippen LogP contribution in [-0.4, -0.2) is 16.7 Å². The number of halogens is 1. The quantitative estimate of drug-likeness (QED) is 0.694. The molecule has 1 aromatic heterocycles. The maximum Gasteiger partial charge on any atom is 0.256 e. The number of aliphatic hydroxyl groups excluding tert-OH is 1. The van der Waals surface area contributed by atoms with E-state index in [1.165, 1.54) is 17.8 Å². The van der Waals surface area contributed by atoms with Crippen molar-refractivity contribution in [2.75, 3.05) is 6.61 Å². The van der Waals surface area contributed by atoms with E-state index < -0.39 is 0 Å². The van der Waals surface area contributed by atoms with Crippen molar-refractivity contribution in [3.8, 4) is 11.8 Å². The lowest BCUT2D eigenvalue weighted by Crippen LogP contribution is -1.89. The Morgan fingerprint density at radius 3 is 2.95 bits per heavy atom. The van der Waals surface area contributed by atoms with Gasteiger partial charge < -0.3 is 9.52 Å². The fourth-order valence-corrected chi connectivity index (χ4v) is 2.34. The van der Waals surface area contributed by atoms with Crippen LogP contribution in [0.1, 0.15) is 23.2 Å². The number of aromatic nitrogens is 1. The molecule has 0 spiro atoms. The molecule has 104 valence electrons. The van der Waals surface area contributed by atoms with E-state index in [-0.39, 0.29) is 12.4 Å². The SMILES string of the molecule is Cc1coc(SCc2ccc(C#CCCO)cc2F)n1. The van der Waals surface area contributed by atoms with E-state index in [1.807, 2.05) is 6.92 Å². The molecule has 0 amide bonds. The molecule has 1 heterocycles. The molecule has 0 saturated heterocycles. The van der Waals surface area contributed by atoms with Crippen LogP contribution in [0.2, 0.25) is 0 Å². The number of thioether (sulfide) groups is 1. The number of aliphatic hydroxyl groups is 1. The summed E-state index contributed by atoms with van der Waals surface area (Å²) in [6.45, 7) is 1.85. The summed E-state index contributed by atoms with van der Waals surface area (Å²) in [5.41, 5.74) is 2.00. The van der Waals surface area contributed by atoms with E-state index in [1.54, 1.807) is 18.4 Å². The van der Waals surface area contributed by atoms with Gasteiger partial charge in [-0.05, 0) is 24.6 Å². The summed E-state index contributed by atoms with van der Waals surface area (Å²) in [7, 11) is 0. The van der Waals surface area contributed by atoms with Crippen molar-refractivity contribution in [3.63, 3.8) is 0 Å². The van der Waals surface area contributed by atoms with Crippen LogP contribution in [0.25, 0.3) is 0 Å². The molecule has 0 atom stereocenters. The van der Waals surface area contributed by atoms with Gasteiger partial charge in [-0.15, -0.1) is 0 Å². The second kappa shape index (κ2) is 7.13. The number of nitrogens with zero attached hydrogens (tertiary/aromatic N) is 1. The third-order valence-electron chi connectivity index (χ3n) is 2.47. The van der Waals surface area contributed by atoms with Crippen molar-refractivity contribution in [2.24, 2.45) is 0 Å². The molecule has 3 nitrogen and oxygen atoms in total. The predicted octanol–water partition coefficient (Wildman–Crippen LogP) is 3.15. The number of benzene rings is 1. The summed E-state index contributed by atoms with van der Waals surface area (Å²) in [6.07, 6.45) is 1.96. The summed E-state index contributed by atoms with van der Waals surface area (Å²) < 4.78 is 19.1. The first-order chi connectivity index (χ1) is 9.69. The topological polar surface area (TPSA) is 46.3 Å². The Morgan fingerprint density at radius 2 is 2.30 bits per heavy atom. The lowest BCUT2D eigenvalue weighted by molar-refractivity contribution is 0.305. The highest BCUT2D eigenvalue weighted by Gasteiger charge is 2.06. The van der Waals surface area contributed by atoms with Crippen molar-refractivity contribution in [1.82, 2.24) is 4.98 Å². The molecule has 0 radical (unpaired) electrons. The number of hydrogen-bond donors (Lipinski definition) is 1. The Balaban J connectivity index is 2.01. The zero-order chi connectivity index (χ0) is 14.4. The highest BCUT2D eigenvalue weighted by molar-refractivity contribution is 7.98. The average Bonchev–Trinajstić information content (AvgIpc) is 2.84. The van der Waals surface area contributed by atoms with Crippen LogP contribution in [0.3, 0.4) is 0 Å². The zero-order valence-electron chi connectivity index (χ0n) is 11.0. The molecule has 0 fully saturated rings. The molecule has 0 saturated carbocycles. The Morgan fingerprint density at radius 1 is 1.45 bits per heavy atom. The first-order valence-corrected chi connectivity index (χ1v) is 7.10. The smallest absolute Gasteiger partial charge is 0.256 e. The van der Waals surface area contributed by atoms with Gasteiger partial charge in [0, 0.05) is 17.7 Å². The van der Waals surface area contributed by atoms with Crippen molar-refractivity contribution in [3.05, 3.63) is 47.1 Å². The Hall–Kier alpha value is -1.77. The molecule has 20 heavy (non-hydrogen) atoms. The van der Waals surface area contributed by atoms with Gasteiger partial charge in [0.1, 0.15) is 12.1 Å². The predicted molar refractivity (Wildman–Crippen MR) is 75.8 cm³/mol. The lowest BCUT2D eigenvalue weighted by atomic mass is 10.1. The van der Waals surface area contributed by atoms with Crippen molar-refractivity contribution in [1.29, 1.82) is 0 Å². The summed E-state index contributed by atoms with van der Waals surface area (Å²) in [5.74, 6) is 5.72. The van der Waals surface area contributed by atoms with Gasteiger partial charge in [-0.3, -0.25) is 0 Å². The van der Waals surface area contributed by atoms with Crippen LogP contribution in [-0.2, 0) is 5.75 Å². The third kappa shape index (κ3) is 4.12. The van der Waals surface area contributed by atoms with E-state index in [9.17, 15) is 4.39 Å². The molecular formula is C15H14FNO2S. The summed E-state index contributed by atoms with van der Waals surface area (Å²) in [6, 6.07) is 4.88. The van der Waals surface area contributed by atoms with E-state index in [0.29, 0.717) is 28.5 Å². The number of hydrogen-bond acceptors (Lipinski definition) is 4. The van der Waals surface area contributed by atoms with Gasteiger partial charge in [0.05, 0.1) is 12.3 Å². The molecular weight excluding hydrogens is 277 g/mol. The lowest BCUT2D eigenvalue weighted by Gasteiger charge is -2.01. The Bertz CT molecular complexity index is 643. The molecule has 0 unspecified atom stereocenters. The van der Waals surface area contributed by atoms with E-state index >= 15 is 0 Å². The summed E-state index contributed by atoms with van der Waals surface area (Å²) >= 11 is 1.35. The van der Waals surface area contributed by atoms with E-state index in [0.717, 1.165) is 5.69 Å². The second-order valence-electron chi connectivity index (χ2n) is 4.13. The van der Waals surface area contributed by atoms with Gasteiger partial charge >= 0.3 is 0 Å². The highest BCUT2D eigenvalue weighted by Crippen LogP contribution is 2.23. The number of rotatable bonds is 4. The number of oxazole rings is 1. The molecule has 2 rings (SSSR count). The fourth-order valence-electron chi connectivity index (χ4n) is 1.50. The minimum Gasteiger partial charge on any atom is -0.440 e. The minimum atomic E-state index is -0.295. The summed E-state index contributed by atoms with van der Waals surface area (Å²) in [5, 5.41) is 9.16. The normalized spacial score (nSPS) is 10.2. The molecule has 5 heteroatoms. The molecule has 0 aliphatic carbocycles. The Labute approximate surface area is 121 Å². The minimum absolute atomic E-state index is 0.0137. The van der Waals surface area contributed by atoms with Crippen LogP contribution in [0.4, 0.5) is 4.39 Å². The second-order valence-corrected chi connectivity index (χ2v) is 5.05. The summed E-state index contributed by atoms with van der Waals surface area (Å²) in [4.78, 5) is 4.15. The number of aryl methyl sites for hydroxylation is 1. The van der Waals surface area contributed by atoms with Crippen LogP contribution in [0, 0.1) is 24.6 Å². The van der Waals surface area contributed by atoms with Gasteiger partial charge in [0.25, 0.3) is 5.22 Å². The Kier molecular flexibility index (Phi) is 5.22. The molecule has 2 aromatic rings. The molecule has 0 aliphatic heterocycles. The first-order valence-electron chi connectivity index (χ1n) is 6.12. The maximum absolute atomic E-state index is 13.9. The van der Waals surface area contributed by atoms with Crippen LogP contribution in [0.5, 0.6) is 0 Å². The third-order valence-corrected chi connectivity index (χ3v) is 3.36. The highest BCUT2D eigenvalue weighted by atomic mass is 32.2. The van der Waals surface area contributed by atoms with Crippen LogP contribution >= 0.6 is 11.8 Å². The van der Waals surface area contributed by atoms with Crippen LogP contribution < -0.4 is 0 Å². The first kappa shape index (κ1) is 14.6. The van der Waals surface area contributed by atoms with Crippen LogP contribution in [0.15, 0.2) is 34.1 Å². The van der Waals surface area contributed by atoms with Gasteiger partial charge in [0.15, 0.2) is 0 Å². The van der Waals surface area contributed by atoms with Crippen molar-refractivity contribution < 1.29 is 13.9 Å². The monoisotopic (exact) mass is 291 g/mol. The van der Waals surface area contributed by atoms with E-state index in [2.05, 4.69) is 16.8 Å². The zero-order valence-corrected chi connectivity index (χ0v) is 11.8. The molecule has 1 aromatic carbocycles. The average molecular weight is 291 g/mol. The molecule has 0 aliphatic rings. The van der Waals surface area contributed by atoms with Gasteiger partial charge in [-0.25, -0.2) is 9.37 Å². The maximum atomic E-state index is 13.9. The molecule has 0 bridgehead atoms. The fraction of sp³-hybridized carbons (Fsp3) is 0.267. The van der Waals surface area contributed by atoms with E-state index in [4.69, 9.17) is 9.52 Å². The van der Waals surface area contributed by atoms with Gasteiger partial charge in [-0.2, -0.15) is 0 Å². The largest absolute Gasteiger partial charge is 0.440 e. The van der Waals surface area contributed by atoms with Gasteiger partial charge in [0.2, 0.25) is 0 Å².